The average Bonchev–Trinajstić information content (AvgIpc) is 2.39. The summed E-state index contributed by atoms with van der Waals surface area (Å²) in [5.41, 5.74) is 4.71. The van der Waals surface area contributed by atoms with Crippen molar-refractivity contribution in [2.45, 2.75) is 20.8 Å². The highest BCUT2D eigenvalue weighted by atomic mass is 16.1. The Morgan fingerprint density at radius 2 is 1.47 bits per heavy atom. The number of carbonyl (C=O) groups excluding carboxylic acids is 1. The Hall–Kier alpha value is -2.15. The molecule has 0 aliphatic rings. The van der Waals surface area contributed by atoms with Crippen LogP contribution in [0.4, 0.5) is 0 Å². The molecule has 1 nitrogen and oxygen atoms in total. The van der Waals surface area contributed by atoms with E-state index in [0.29, 0.717) is 0 Å². The van der Waals surface area contributed by atoms with Crippen molar-refractivity contribution >= 4 is 11.9 Å². The number of hydrogen-bond donors (Lipinski definition) is 0. The molecule has 0 fully saturated rings. The third kappa shape index (κ3) is 3.00. The predicted octanol–water partition coefficient (Wildman–Crippen LogP) is 4.59. The van der Waals surface area contributed by atoms with Crippen molar-refractivity contribution in [1.82, 2.24) is 0 Å². The first kappa shape index (κ1) is 13.3. The van der Waals surface area contributed by atoms with Gasteiger partial charge in [-0.2, -0.15) is 0 Å². The van der Waals surface area contributed by atoms with Crippen LogP contribution < -0.4 is 0 Å². The van der Waals surface area contributed by atoms with Crippen molar-refractivity contribution in [2.75, 3.05) is 0 Å². The van der Waals surface area contributed by atoms with E-state index in [9.17, 15) is 4.79 Å². The first-order valence-corrected chi connectivity index (χ1v) is 6.44. The number of allylic oxidation sites excluding steroid dienone is 1. The van der Waals surface area contributed by atoms with Crippen LogP contribution in [0.25, 0.3) is 6.08 Å². The van der Waals surface area contributed by atoms with E-state index in [1.807, 2.05) is 75.4 Å². The van der Waals surface area contributed by atoms with Gasteiger partial charge < -0.3 is 0 Å². The fourth-order valence-electron chi connectivity index (χ4n) is 2.23. The van der Waals surface area contributed by atoms with Crippen molar-refractivity contribution in [3.8, 4) is 0 Å². The summed E-state index contributed by atoms with van der Waals surface area (Å²) >= 11 is 0. The molecule has 2 aromatic carbocycles. The molecule has 0 atom stereocenters. The molecule has 0 N–H and O–H groups in total. The summed E-state index contributed by atoms with van der Waals surface area (Å²) < 4.78 is 0. The van der Waals surface area contributed by atoms with E-state index < -0.39 is 0 Å². The Morgan fingerprint density at radius 3 is 2.05 bits per heavy atom. The molecule has 0 amide bonds. The summed E-state index contributed by atoms with van der Waals surface area (Å²) in [6, 6.07) is 15.9. The molecule has 0 aliphatic heterocycles. The van der Waals surface area contributed by atoms with Crippen LogP contribution in [0, 0.1) is 13.8 Å². The lowest BCUT2D eigenvalue weighted by atomic mass is 9.94. The Kier molecular flexibility index (Phi) is 3.96. The Balaban J connectivity index is 2.37. The van der Waals surface area contributed by atoms with Crippen molar-refractivity contribution in [3.05, 3.63) is 76.4 Å². The maximum absolute atomic E-state index is 12.5. The van der Waals surface area contributed by atoms with Crippen LogP contribution >= 0.6 is 0 Å². The lowest BCUT2D eigenvalue weighted by Crippen LogP contribution is -2.05. The molecule has 0 saturated heterocycles. The van der Waals surface area contributed by atoms with Crippen LogP contribution in [-0.4, -0.2) is 5.78 Å². The van der Waals surface area contributed by atoms with Crippen LogP contribution in [0.5, 0.6) is 0 Å². The smallest absolute Gasteiger partial charge is 0.189 e. The quantitative estimate of drug-likeness (QED) is 0.575. The van der Waals surface area contributed by atoms with Crippen molar-refractivity contribution < 1.29 is 4.79 Å². The highest BCUT2D eigenvalue weighted by molar-refractivity contribution is 6.12. The average molecular weight is 250 g/mol. The minimum Gasteiger partial charge on any atom is -0.289 e. The van der Waals surface area contributed by atoms with E-state index in [4.69, 9.17) is 0 Å². The predicted molar refractivity (Wildman–Crippen MR) is 80.3 cm³/mol. The Labute approximate surface area is 114 Å². The van der Waals surface area contributed by atoms with Crippen molar-refractivity contribution in [3.63, 3.8) is 0 Å². The number of benzene rings is 2. The van der Waals surface area contributed by atoms with Crippen molar-refractivity contribution in [2.24, 2.45) is 0 Å². The van der Waals surface area contributed by atoms with Gasteiger partial charge in [-0.1, -0.05) is 48.5 Å². The molecule has 0 heterocycles. The van der Waals surface area contributed by atoms with Gasteiger partial charge >= 0.3 is 0 Å². The first-order chi connectivity index (χ1) is 9.09. The fraction of sp³-hybridized carbons (Fsp3) is 0.167. The van der Waals surface area contributed by atoms with Gasteiger partial charge in [0.05, 0.1) is 0 Å². The second kappa shape index (κ2) is 5.66. The van der Waals surface area contributed by atoms with Gasteiger partial charge in [0.1, 0.15) is 0 Å². The SMILES string of the molecule is C/C(=C\c1ccccc1)C(=O)c1c(C)cccc1C. The normalized spacial score (nSPS) is 11.4. The minimum absolute atomic E-state index is 0.111. The molecule has 0 aliphatic carbocycles. The molecule has 0 aromatic heterocycles. The molecular weight excluding hydrogens is 232 g/mol. The molecule has 0 bridgehead atoms. The molecule has 2 rings (SSSR count). The highest BCUT2D eigenvalue weighted by Gasteiger charge is 2.13. The van der Waals surface area contributed by atoms with E-state index in [0.717, 1.165) is 27.8 Å². The zero-order valence-electron chi connectivity index (χ0n) is 11.6. The molecule has 19 heavy (non-hydrogen) atoms. The van der Waals surface area contributed by atoms with Crippen LogP contribution in [0.3, 0.4) is 0 Å². The topological polar surface area (TPSA) is 17.1 Å². The number of Topliss-reactive ketones (excluding diaryl/α,β-unsaturated/α-hetero) is 1. The van der Waals surface area contributed by atoms with Gasteiger partial charge in [0.15, 0.2) is 5.78 Å². The second-order valence-corrected chi connectivity index (χ2v) is 4.83. The molecule has 0 radical (unpaired) electrons. The number of ketones is 1. The summed E-state index contributed by atoms with van der Waals surface area (Å²) in [4.78, 5) is 12.5. The molecule has 0 saturated carbocycles. The monoisotopic (exact) mass is 250 g/mol. The van der Waals surface area contributed by atoms with Gasteiger partial charge in [-0.3, -0.25) is 4.79 Å². The van der Waals surface area contributed by atoms with Crippen LogP contribution in [-0.2, 0) is 0 Å². The van der Waals surface area contributed by atoms with Crippen molar-refractivity contribution in [1.29, 1.82) is 0 Å². The van der Waals surface area contributed by atoms with E-state index in [1.165, 1.54) is 0 Å². The number of aryl methyl sites for hydroxylation is 2. The van der Waals surface area contributed by atoms with Gasteiger partial charge in [-0.05, 0) is 49.1 Å². The third-order valence-electron chi connectivity index (χ3n) is 3.25. The van der Waals surface area contributed by atoms with Gasteiger partial charge in [-0.15, -0.1) is 0 Å². The largest absolute Gasteiger partial charge is 0.289 e. The van der Waals surface area contributed by atoms with Gasteiger partial charge in [0.25, 0.3) is 0 Å². The lowest BCUT2D eigenvalue weighted by molar-refractivity contribution is 0.103. The first-order valence-electron chi connectivity index (χ1n) is 6.44. The summed E-state index contributed by atoms with van der Waals surface area (Å²) in [5, 5.41) is 0. The van der Waals surface area contributed by atoms with E-state index >= 15 is 0 Å². The van der Waals surface area contributed by atoms with Gasteiger partial charge in [0.2, 0.25) is 0 Å². The van der Waals surface area contributed by atoms with E-state index in [1.54, 1.807) is 0 Å². The number of rotatable bonds is 3. The maximum Gasteiger partial charge on any atom is 0.189 e. The standard InChI is InChI=1S/C18H18O/c1-13-8-7-9-14(2)17(13)18(19)15(3)12-16-10-5-4-6-11-16/h4-12H,1-3H3/b15-12+. The zero-order chi connectivity index (χ0) is 13.8. The molecule has 2 aromatic rings. The number of carbonyl (C=O) groups is 1. The molecule has 1 heteroatoms. The molecule has 96 valence electrons. The van der Waals surface area contributed by atoms with E-state index in [-0.39, 0.29) is 5.78 Å². The highest BCUT2D eigenvalue weighted by Crippen LogP contribution is 2.19. The third-order valence-corrected chi connectivity index (χ3v) is 3.25. The summed E-state index contributed by atoms with van der Waals surface area (Å²) in [6.07, 6.45) is 1.94. The zero-order valence-corrected chi connectivity index (χ0v) is 11.6. The van der Waals surface area contributed by atoms with Crippen LogP contribution in [0.1, 0.15) is 34.0 Å². The molecular formula is C18H18O. The number of hydrogen-bond acceptors (Lipinski definition) is 1. The summed E-state index contributed by atoms with van der Waals surface area (Å²) in [5.74, 6) is 0.111. The minimum atomic E-state index is 0.111. The Morgan fingerprint density at radius 1 is 0.895 bits per heavy atom. The van der Waals surface area contributed by atoms with Gasteiger partial charge in [-0.25, -0.2) is 0 Å². The van der Waals surface area contributed by atoms with Crippen LogP contribution in [0.2, 0.25) is 0 Å². The molecule has 0 unspecified atom stereocenters. The summed E-state index contributed by atoms with van der Waals surface area (Å²) in [6.45, 7) is 5.84. The summed E-state index contributed by atoms with van der Waals surface area (Å²) in [7, 11) is 0. The maximum atomic E-state index is 12.5. The van der Waals surface area contributed by atoms with E-state index in [2.05, 4.69) is 0 Å². The lowest BCUT2D eigenvalue weighted by Gasteiger charge is -2.08. The second-order valence-electron chi connectivity index (χ2n) is 4.83. The van der Waals surface area contributed by atoms with Crippen LogP contribution in [0.15, 0.2) is 54.1 Å². The van der Waals surface area contributed by atoms with Gasteiger partial charge in [0, 0.05) is 5.56 Å². The Bertz CT molecular complexity index is 601. The molecule has 0 spiro atoms. The fourth-order valence-corrected chi connectivity index (χ4v) is 2.23.